The standard InChI is InChI=1S/C24H40N4O.HI/c1-21-10-15-27(16-11-21)14-7-6-13-26-24(25-2)28-17-12-23(18-28)20-29-19-22-8-4-3-5-9-22;/h3-5,8-9,21,23H,6-7,10-20H2,1-2H3,(H,25,26);1H. The molecule has 2 saturated heterocycles. The Hall–Kier alpha value is -0.860. The molecule has 30 heavy (non-hydrogen) atoms. The normalized spacial score (nSPS) is 20.9. The molecule has 5 nitrogen and oxygen atoms in total. The Morgan fingerprint density at radius 2 is 1.87 bits per heavy atom. The van der Waals surface area contributed by atoms with E-state index >= 15 is 0 Å². The number of guanidine groups is 1. The monoisotopic (exact) mass is 528 g/mol. The predicted molar refractivity (Wildman–Crippen MR) is 137 cm³/mol. The van der Waals surface area contributed by atoms with Gasteiger partial charge in [0.05, 0.1) is 13.2 Å². The highest BCUT2D eigenvalue weighted by atomic mass is 127. The van der Waals surface area contributed by atoms with Crippen molar-refractivity contribution in [1.29, 1.82) is 0 Å². The molecule has 6 heteroatoms. The summed E-state index contributed by atoms with van der Waals surface area (Å²) in [5.41, 5.74) is 1.25. The van der Waals surface area contributed by atoms with Gasteiger partial charge in [-0.3, -0.25) is 4.99 Å². The van der Waals surface area contributed by atoms with Crippen LogP contribution < -0.4 is 5.32 Å². The summed E-state index contributed by atoms with van der Waals surface area (Å²) in [4.78, 5) is 9.53. The average molecular weight is 529 g/mol. The highest BCUT2D eigenvalue weighted by Crippen LogP contribution is 2.18. The number of piperidine rings is 1. The summed E-state index contributed by atoms with van der Waals surface area (Å²) in [6.45, 7) is 10.9. The molecule has 170 valence electrons. The van der Waals surface area contributed by atoms with Crippen LogP contribution in [0.3, 0.4) is 0 Å². The Kier molecular flexibility index (Phi) is 12.1. The molecule has 0 bridgehead atoms. The van der Waals surface area contributed by atoms with Crippen molar-refractivity contribution in [3.63, 3.8) is 0 Å². The molecule has 0 aliphatic carbocycles. The number of ether oxygens (including phenoxy) is 1. The number of aliphatic imine (C=N–C) groups is 1. The molecule has 1 aromatic carbocycles. The van der Waals surface area contributed by atoms with Crippen LogP contribution in [0.5, 0.6) is 0 Å². The van der Waals surface area contributed by atoms with Crippen molar-refractivity contribution in [3.05, 3.63) is 35.9 Å². The molecular formula is C24H41IN4O. The van der Waals surface area contributed by atoms with Crippen LogP contribution in [-0.4, -0.2) is 68.7 Å². The molecule has 2 heterocycles. The van der Waals surface area contributed by atoms with Gasteiger partial charge in [-0.1, -0.05) is 37.3 Å². The minimum atomic E-state index is 0. The second-order valence-corrected chi connectivity index (χ2v) is 8.81. The van der Waals surface area contributed by atoms with Crippen molar-refractivity contribution >= 4 is 29.9 Å². The van der Waals surface area contributed by atoms with E-state index in [1.165, 1.54) is 57.3 Å². The predicted octanol–water partition coefficient (Wildman–Crippen LogP) is 4.23. The quantitative estimate of drug-likeness (QED) is 0.226. The molecule has 0 radical (unpaired) electrons. The fourth-order valence-corrected chi connectivity index (χ4v) is 4.36. The largest absolute Gasteiger partial charge is 0.376 e. The van der Waals surface area contributed by atoms with Crippen LogP contribution in [0.1, 0.15) is 44.6 Å². The lowest BCUT2D eigenvalue weighted by Crippen LogP contribution is -2.41. The number of unbranched alkanes of at least 4 members (excludes halogenated alkanes) is 1. The van der Waals surface area contributed by atoms with E-state index in [9.17, 15) is 0 Å². The van der Waals surface area contributed by atoms with Gasteiger partial charge in [0.25, 0.3) is 0 Å². The molecule has 0 saturated carbocycles. The van der Waals surface area contributed by atoms with Crippen LogP contribution in [0.15, 0.2) is 35.3 Å². The van der Waals surface area contributed by atoms with Crippen LogP contribution in [-0.2, 0) is 11.3 Å². The van der Waals surface area contributed by atoms with Crippen molar-refractivity contribution in [2.24, 2.45) is 16.8 Å². The third-order valence-electron chi connectivity index (χ3n) is 6.32. The summed E-state index contributed by atoms with van der Waals surface area (Å²) < 4.78 is 5.95. The van der Waals surface area contributed by atoms with Gasteiger partial charge in [0.15, 0.2) is 5.96 Å². The number of hydrogen-bond acceptors (Lipinski definition) is 3. The van der Waals surface area contributed by atoms with E-state index < -0.39 is 0 Å². The molecule has 1 N–H and O–H groups in total. The van der Waals surface area contributed by atoms with Crippen LogP contribution in [0.2, 0.25) is 0 Å². The highest BCUT2D eigenvalue weighted by molar-refractivity contribution is 14.0. The lowest BCUT2D eigenvalue weighted by Gasteiger charge is -2.30. The SMILES string of the molecule is CN=C(NCCCCN1CCC(C)CC1)N1CCC(COCc2ccccc2)C1.I. The Balaban J connectivity index is 0.00000320. The highest BCUT2D eigenvalue weighted by Gasteiger charge is 2.24. The van der Waals surface area contributed by atoms with Gasteiger partial charge in [0, 0.05) is 32.6 Å². The van der Waals surface area contributed by atoms with Crippen molar-refractivity contribution in [2.75, 3.05) is 52.9 Å². The van der Waals surface area contributed by atoms with Gasteiger partial charge in [-0.2, -0.15) is 0 Å². The second kappa shape index (κ2) is 14.2. The minimum Gasteiger partial charge on any atom is -0.376 e. The number of halogens is 1. The van der Waals surface area contributed by atoms with E-state index in [-0.39, 0.29) is 24.0 Å². The number of hydrogen-bond donors (Lipinski definition) is 1. The van der Waals surface area contributed by atoms with E-state index in [0.717, 1.165) is 38.1 Å². The molecule has 2 fully saturated rings. The number of likely N-dealkylation sites (tertiary alicyclic amines) is 2. The van der Waals surface area contributed by atoms with Gasteiger partial charge in [0.2, 0.25) is 0 Å². The maximum Gasteiger partial charge on any atom is 0.193 e. The van der Waals surface area contributed by atoms with Gasteiger partial charge in [-0.25, -0.2) is 0 Å². The molecule has 0 amide bonds. The van der Waals surface area contributed by atoms with Crippen LogP contribution in [0.4, 0.5) is 0 Å². The molecule has 2 aliphatic rings. The summed E-state index contributed by atoms with van der Waals surface area (Å²) in [6.07, 6.45) is 6.41. The van der Waals surface area contributed by atoms with E-state index in [2.05, 4.69) is 51.3 Å². The maximum atomic E-state index is 5.95. The van der Waals surface area contributed by atoms with Crippen LogP contribution in [0, 0.1) is 11.8 Å². The van der Waals surface area contributed by atoms with Crippen molar-refractivity contribution in [2.45, 2.75) is 45.6 Å². The van der Waals surface area contributed by atoms with Crippen LogP contribution >= 0.6 is 24.0 Å². The van der Waals surface area contributed by atoms with E-state index in [1.54, 1.807) is 0 Å². The third-order valence-corrected chi connectivity index (χ3v) is 6.32. The number of benzene rings is 1. The fourth-order valence-electron chi connectivity index (χ4n) is 4.36. The molecule has 0 spiro atoms. The lowest BCUT2D eigenvalue weighted by atomic mass is 9.99. The fraction of sp³-hybridized carbons (Fsp3) is 0.708. The van der Waals surface area contributed by atoms with E-state index in [1.807, 2.05) is 13.1 Å². The zero-order valence-corrected chi connectivity index (χ0v) is 21.2. The third kappa shape index (κ3) is 8.71. The first kappa shape index (κ1) is 25.4. The Bertz CT molecular complexity index is 604. The summed E-state index contributed by atoms with van der Waals surface area (Å²) >= 11 is 0. The van der Waals surface area contributed by atoms with Gasteiger partial charge < -0.3 is 19.9 Å². The van der Waals surface area contributed by atoms with Crippen LogP contribution in [0.25, 0.3) is 0 Å². The summed E-state index contributed by atoms with van der Waals surface area (Å²) in [5, 5.41) is 3.58. The number of rotatable bonds is 9. The molecule has 1 unspecified atom stereocenters. The van der Waals surface area contributed by atoms with Gasteiger partial charge in [-0.05, 0) is 63.2 Å². The first-order chi connectivity index (χ1) is 14.2. The number of nitrogens with one attached hydrogen (secondary N) is 1. The van der Waals surface area contributed by atoms with Gasteiger partial charge in [-0.15, -0.1) is 24.0 Å². The summed E-state index contributed by atoms with van der Waals surface area (Å²) in [5.74, 6) is 2.57. The van der Waals surface area contributed by atoms with Crippen molar-refractivity contribution in [1.82, 2.24) is 15.1 Å². The summed E-state index contributed by atoms with van der Waals surface area (Å²) in [6, 6.07) is 10.4. The lowest BCUT2D eigenvalue weighted by molar-refractivity contribution is 0.0907. The van der Waals surface area contributed by atoms with Gasteiger partial charge in [0.1, 0.15) is 0 Å². The smallest absolute Gasteiger partial charge is 0.193 e. The second-order valence-electron chi connectivity index (χ2n) is 8.81. The molecule has 2 aliphatic heterocycles. The zero-order chi connectivity index (χ0) is 20.3. The Morgan fingerprint density at radius 1 is 1.10 bits per heavy atom. The van der Waals surface area contributed by atoms with E-state index in [0.29, 0.717) is 12.5 Å². The van der Waals surface area contributed by atoms with E-state index in [4.69, 9.17) is 4.74 Å². The average Bonchev–Trinajstić information content (AvgIpc) is 3.21. The molecule has 0 aromatic heterocycles. The minimum absolute atomic E-state index is 0. The zero-order valence-electron chi connectivity index (χ0n) is 18.9. The number of nitrogens with zero attached hydrogens (tertiary/aromatic N) is 3. The maximum absolute atomic E-state index is 5.95. The van der Waals surface area contributed by atoms with Gasteiger partial charge >= 0.3 is 0 Å². The molecular weight excluding hydrogens is 487 g/mol. The molecule has 1 aromatic rings. The Morgan fingerprint density at radius 3 is 2.60 bits per heavy atom. The van der Waals surface area contributed by atoms with Crippen molar-refractivity contribution in [3.8, 4) is 0 Å². The molecule has 3 rings (SSSR count). The topological polar surface area (TPSA) is 40.1 Å². The molecule has 1 atom stereocenters. The van der Waals surface area contributed by atoms with Crippen molar-refractivity contribution < 1.29 is 4.74 Å². The first-order valence-electron chi connectivity index (χ1n) is 11.5. The Labute approximate surface area is 200 Å². The first-order valence-corrected chi connectivity index (χ1v) is 11.5. The summed E-state index contributed by atoms with van der Waals surface area (Å²) in [7, 11) is 1.90.